The van der Waals surface area contributed by atoms with Gasteiger partial charge in [0.25, 0.3) is 5.52 Å². The number of alkyl halides is 3. The van der Waals surface area contributed by atoms with Crippen molar-refractivity contribution in [2.45, 2.75) is 6.08 Å². The SMILES string of the molecule is F[B-](F)(O[n+]1ccc(N2CCOCC2)c2ccccc21)C(F)(F)F. The molecule has 130 valence electrons. The van der Waals surface area contributed by atoms with Crippen LogP contribution < -0.4 is 14.4 Å². The highest BCUT2D eigenvalue weighted by Gasteiger charge is 2.60. The predicted molar refractivity (Wildman–Crippen MR) is 77.8 cm³/mol. The maximum atomic E-state index is 13.3. The van der Waals surface area contributed by atoms with E-state index in [9.17, 15) is 21.8 Å². The number of para-hydroxylation sites is 1. The van der Waals surface area contributed by atoms with Gasteiger partial charge < -0.3 is 23.0 Å². The smallest absolute Gasteiger partial charge is 0.432 e. The molecule has 10 heteroatoms. The number of hydrogen-bond donors (Lipinski definition) is 0. The number of hydrogen-bond acceptors (Lipinski definition) is 3. The fourth-order valence-electron chi connectivity index (χ4n) is 2.57. The number of ether oxygens (including phenoxy) is 1. The summed E-state index contributed by atoms with van der Waals surface area (Å²) in [5, 5.41) is 0.524. The molecular formula is C14H14BF5N2O2. The molecule has 24 heavy (non-hydrogen) atoms. The number of rotatable bonds is 3. The third-order valence-electron chi connectivity index (χ3n) is 3.76. The van der Waals surface area contributed by atoms with Gasteiger partial charge in [-0.1, -0.05) is 12.1 Å². The average molecular weight is 348 g/mol. The minimum Gasteiger partial charge on any atom is -0.432 e. The van der Waals surface area contributed by atoms with E-state index in [4.69, 9.17) is 4.74 Å². The van der Waals surface area contributed by atoms with Gasteiger partial charge in [-0.25, -0.2) is 13.2 Å². The highest BCUT2D eigenvalue weighted by atomic mass is 19.4. The van der Waals surface area contributed by atoms with Crippen LogP contribution in [0.15, 0.2) is 36.5 Å². The Morgan fingerprint density at radius 1 is 1.08 bits per heavy atom. The molecule has 1 aliphatic rings. The third kappa shape index (κ3) is 3.10. The van der Waals surface area contributed by atoms with E-state index >= 15 is 0 Å². The summed E-state index contributed by atoms with van der Waals surface area (Å²) in [4.78, 5) is 1.99. The van der Waals surface area contributed by atoms with Gasteiger partial charge in [0.15, 0.2) is 0 Å². The number of benzene rings is 1. The number of fused-ring (bicyclic) bond motifs is 1. The van der Waals surface area contributed by atoms with Gasteiger partial charge in [-0.05, 0) is 10.8 Å². The number of aromatic nitrogens is 1. The van der Waals surface area contributed by atoms with Gasteiger partial charge in [0.05, 0.1) is 24.3 Å². The van der Waals surface area contributed by atoms with Crippen LogP contribution in [0.1, 0.15) is 0 Å². The fraction of sp³-hybridized carbons (Fsp3) is 0.357. The zero-order valence-corrected chi connectivity index (χ0v) is 12.5. The average Bonchev–Trinajstić information content (AvgIpc) is 2.55. The van der Waals surface area contributed by atoms with E-state index < -0.39 is 13.0 Å². The normalized spacial score (nSPS) is 16.5. The van der Waals surface area contributed by atoms with Crippen LogP contribution in [-0.2, 0) is 4.74 Å². The molecule has 0 aliphatic carbocycles. The van der Waals surface area contributed by atoms with E-state index in [-0.39, 0.29) is 5.52 Å². The molecule has 1 saturated heterocycles. The molecule has 0 saturated carbocycles. The second-order valence-electron chi connectivity index (χ2n) is 5.39. The second-order valence-corrected chi connectivity index (χ2v) is 5.39. The van der Waals surface area contributed by atoms with Crippen molar-refractivity contribution in [2.75, 3.05) is 31.2 Å². The van der Waals surface area contributed by atoms with Gasteiger partial charge in [0, 0.05) is 25.2 Å². The summed E-state index contributed by atoms with van der Waals surface area (Å²) >= 11 is 0. The monoisotopic (exact) mass is 348 g/mol. The molecule has 0 radical (unpaired) electrons. The fourth-order valence-corrected chi connectivity index (χ4v) is 2.57. The van der Waals surface area contributed by atoms with Crippen molar-refractivity contribution in [3.8, 4) is 0 Å². The van der Waals surface area contributed by atoms with Gasteiger partial charge in [-0.15, -0.1) is 0 Å². The summed E-state index contributed by atoms with van der Waals surface area (Å²) in [6, 6.07) is 7.78. The van der Waals surface area contributed by atoms with Gasteiger partial charge in [-0.2, -0.15) is 0 Å². The van der Waals surface area contributed by atoms with Crippen LogP contribution in [-0.4, -0.2) is 39.3 Å². The van der Waals surface area contributed by atoms with Crippen LogP contribution >= 0.6 is 0 Å². The second kappa shape index (κ2) is 6.08. The molecule has 0 unspecified atom stereocenters. The summed E-state index contributed by atoms with van der Waals surface area (Å²) in [7, 11) is 0. The largest absolute Gasteiger partial charge is 0.658 e. The molecule has 4 nitrogen and oxygen atoms in total. The van der Waals surface area contributed by atoms with E-state index in [0.717, 1.165) is 11.9 Å². The molecular weight excluding hydrogens is 334 g/mol. The number of nitrogens with zero attached hydrogens (tertiary/aromatic N) is 2. The lowest BCUT2D eigenvalue weighted by molar-refractivity contribution is -0.847. The van der Waals surface area contributed by atoms with E-state index in [0.29, 0.717) is 36.4 Å². The number of morpholine rings is 1. The molecule has 0 bridgehead atoms. The minimum absolute atomic E-state index is 0.132. The maximum Gasteiger partial charge on any atom is 0.658 e. The van der Waals surface area contributed by atoms with Gasteiger partial charge in [0.2, 0.25) is 6.20 Å². The molecule has 0 spiro atoms. The molecule has 0 atom stereocenters. The number of pyridine rings is 1. The molecule has 1 fully saturated rings. The first-order chi connectivity index (χ1) is 11.3. The van der Waals surface area contributed by atoms with Crippen LogP contribution in [0.3, 0.4) is 0 Å². The van der Waals surface area contributed by atoms with E-state index in [1.165, 1.54) is 12.1 Å². The van der Waals surface area contributed by atoms with Crippen molar-refractivity contribution in [2.24, 2.45) is 0 Å². The lowest BCUT2D eigenvalue weighted by Crippen LogP contribution is -2.62. The number of halogens is 5. The van der Waals surface area contributed by atoms with Crippen molar-refractivity contribution in [3.63, 3.8) is 0 Å². The summed E-state index contributed by atoms with van der Waals surface area (Å²) in [5.74, 6) is 0. The molecule has 1 aliphatic heterocycles. The Morgan fingerprint density at radius 2 is 1.75 bits per heavy atom. The van der Waals surface area contributed by atoms with Gasteiger partial charge in [-0.3, -0.25) is 0 Å². The molecule has 3 rings (SSSR count). The van der Waals surface area contributed by atoms with Crippen LogP contribution in [0.25, 0.3) is 10.9 Å². The first-order valence-corrected chi connectivity index (χ1v) is 7.32. The first-order valence-electron chi connectivity index (χ1n) is 7.32. The van der Waals surface area contributed by atoms with Crippen LogP contribution in [0.4, 0.5) is 27.5 Å². The lowest BCUT2D eigenvalue weighted by Gasteiger charge is -2.29. The number of anilines is 1. The Bertz CT molecular complexity index is 735. The summed E-state index contributed by atoms with van der Waals surface area (Å²) in [6.45, 7) is -3.75. The third-order valence-corrected chi connectivity index (χ3v) is 3.76. The summed E-state index contributed by atoms with van der Waals surface area (Å²) in [6.07, 6.45) is -4.66. The van der Waals surface area contributed by atoms with Crippen molar-refractivity contribution >= 4 is 23.5 Å². The Kier molecular flexibility index (Phi) is 4.24. The Hall–Kier alpha value is -2.10. The van der Waals surface area contributed by atoms with Crippen LogP contribution in [0, 0.1) is 0 Å². The molecule has 2 aromatic rings. The maximum absolute atomic E-state index is 13.3. The van der Waals surface area contributed by atoms with Crippen molar-refractivity contribution in [3.05, 3.63) is 36.5 Å². The quantitative estimate of drug-likeness (QED) is 0.484. The molecule has 1 aromatic heterocycles. The van der Waals surface area contributed by atoms with Gasteiger partial charge >= 0.3 is 13.0 Å². The first kappa shape index (κ1) is 16.8. The predicted octanol–water partition coefficient (Wildman–Crippen LogP) is 2.37. The van der Waals surface area contributed by atoms with E-state index in [1.54, 1.807) is 18.2 Å². The van der Waals surface area contributed by atoms with E-state index in [1.807, 2.05) is 4.90 Å². The minimum atomic E-state index is -6.01. The Labute approximate surface area is 134 Å². The molecule has 1 aromatic carbocycles. The van der Waals surface area contributed by atoms with Crippen molar-refractivity contribution in [1.82, 2.24) is 0 Å². The van der Waals surface area contributed by atoms with Crippen LogP contribution in [0.2, 0.25) is 0 Å². The highest BCUT2D eigenvalue weighted by molar-refractivity contribution is 6.61. The Morgan fingerprint density at radius 3 is 2.42 bits per heavy atom. The topological polar surface area (TPSA) is 25.6 Å². The van der Waals surface area contributed by atoms with E-state index in [2.05, 4.69) is 4.76 Å². The van der Waals surface area contributed by atoms with Gasteiger partial charge in [0.1, 0.15) is 0 Å². The molecule has 0 amide bonds. The lowest BCUT2D eigenvalue weighted by atomic mass is 9.87. The zero-order chi connectivity index (χ0) is 17.4. The van der Waals surface area contributed by atoms with Crippen LogP contribution in [0.5, 0.6) is 0 Å². The molecule has 0 N–H and O–H groups in total. The Balaban J connectivity index is 2.02. The highest BCUT2D eigenvalue weighted by Crippen LogP contribution is 2.30. The van der Waals surface area contributed by atoms with Crippen molar-refractivity contribution in [1.29, 1.82) is 0 Å². The zero-order valence-electron chi connectivity index (χ0n) is 12.5. The standard InChI is InChI=1S/C14H14BF5N2O2/c16-14(17,18)15(19,20)24-22-6-5-12(21-7-9-23-10-8-21)11-3-1-2-4-13(11)22/h1-6H,7-10H2. The van der Waals surface area contributed by atoms with Crippen molar-refractivity contribution < 1.29 is 36.0 Å². The summed E-state index contributed by atoms with van der Waals surface area (Å²) < 4.78 is 73.5. The summed E-state index contributed by atoms with van der Waals surface area (Å²) in [5.41, 5.74) is 0.865. The molecule has 2 heterocycles.